The van der Waals surface area contributed by atoms with E-state index < -0.39 is 0 Å². The first kappa shape index (κ1) is 9.79. The van der Waals surface area contributed by atoms with Gasteiger partial charge >= 0.3 is 0 Å². The highest BCUT2D eigenvalue weighted by molar-refractivity contribution is 5.21. The molecule has 1 N–H and O–H groups in total. The molecule has 0 amide bonds. The normalized spacial score (nSPS) is 15.1. The monoisotopic (exact) mass is 167 g/mol. The summed E-state index contributed by atoms with van der Waals surface area (Å²) in [6, 6.07) is 0. The van der Waals surface area contributed by atoms with E-state index in [9.17, 15) is 0 Å². The van der Waals surface area contributed by atoms with Gasteiger partial charge in [-0.25, -0.2) is 0 Å². The Balaban J connectivity index is 1.73. The summed E-state index contributed by atoms with van der Waals surface area (Å²) in [7, 11) is 0. The van der Waals surface area contributed by atoms with E-state index in [-0.39, 0.29) is 0 Å². The minimum absolute atomic E-state index is 0.837. The molecule has 0 saturated carbocycles. The molecule has 0 aromatic heterocycles. The van der Waals surface area contributed by atoms with Gasteiger partial charge in [-0.1, -0.05) is 25.5 Å². The summed E-state index contributed by atoms with van der Waals surface area (Å²) < 4.78 is 0. The zero-order valence-corrected chi connectivity index (χ0v) is 8.40. The van der Waals surface area contributed by atoms with Gasteiger partial charge in [0.2, 0.25) is 0 Å². The zero-order chi connectivity index (χ0) is 8.81. The third-order valence-electron chi connectivity index (χ3n) is 2.24. The first-order chi connectivity index (χ1) is 5.79. The molecule has 0 aromatic carbocycles. The van der Waals surface area contributed by atoms with Gasteiger partial charge in [-0.15, -0.1) is 0 Å². The summed E-state index contributed by atoms with van der Waals surface area (Å²) >= 11 is 0. The molecule has 0 unspecified atom stereocenters. The average Bonchev–Trinajstić information content (AvgIpc) is 2.79. The van der Waals surface area contributed by atoms with Crippen molar-refractivity contribution < 1.29 is 0 Å². The van der Waals surface area contributed by atoms with Gasteiger partial charge in [0.1, 0.15) is 0 Å². The van der Waals surface area contributed by atoms with Crippen molar-refractivity contribution in [3.63, 3.8) is 0 Å². The van der Waals surface area contributed by atoms with Crippen LogP contribution >= 0.6 is 0 Å². The van der Waals surface area contributed by atoms with Gasteiger partial charge in [-0.05, 0) is 44.7 Å². The minimum Gasteiger partial charge on any atom is -0.317 e. The Labute approximate surface area is 76.2 Å². The van der Waals surface area contributed by atoms with Gasteiger partial charge in [0.25, 0.3) is 0 Å². The molecule has 0 heterocycles. The van der Waals surface area contributed by atoms with Gasteiger partial charge in [-0.3, -0.25) is 0 Å². The fourth-order valence-corrected chi connectivity index (χ4v) is 1.23. The van der Waals surface area contributed by atoms with E-state index in [2.05, 4.69) is 25.2 Å². The van der Waals surface area contributed by atoms with Crippen LogP contribution in [0.15, 0.2) is 11.6 Å². The molecule has 1 heteroatoms. The number of rotatable bonds is 7. The van der Waals surface area contributed by atoms with Gasteiger partial charge in [0, 0.05) is 0 Å². The maximum absolute atomic E-state index is 3.47. The summed E-state index contributed by atoms with van der Waals surface area (Å²) in [6.07, 6.45) is 7.58. The van der Waals surface area contributed by atoms with Crippen LogP contribution < -0.4 is 5.32 Å². The number of allylic oxidation sites excluding steroid dienone is 2. The molecule has 1 nitrogen and oxygen atoms in total. The van der Waals surface area contributed by atoms with Crippen LogP contribution in [-0.2, 0) is 0 Å². The highest BCUT2D eigenvalue weighted by Crippen LogP contribution is 2.22. The van der Waals surface area contributed by atoms with Crippen LogP contribution in [0.3, 0.4) is 0 Å². The average molecular weight is 167 g/mol. The molecule has 0 aromatic rings. The lowest BCUT2D eigenvalue weighted by atomic mass is 10.1. The first-order valence-electron chi connectivity index (χ1n) is 5.17. The molecule has 0 radical (unpaired) electrons. The topological polar surface area (TPSA) is 12.0 Å². The van der Waals surface area contributed by atoms with Crippen LogP contribution in [0.2, 0.25) is 0 Å². The van der Waals surface area contributed by atoms with Gasteiger partial charge in [0.05, 0.1) is 0 Å². The molecule has 1 aliphatic rings. The highest BCUT2D eigenvalue weighted by atomic mass is 14.8. The number of hydrogen-bond acceptors (Lipinski definition) is 1. The lowest BCUT2D eigenvalue weighted by Gasteiger charge is -2.05. The Kier molecular flexibility index (Phi) is 4.37. The lowest BCUT2D eigenvalue weighted by Crippen LogP contribution is -2.17. The molecule has 1 rings (SSSR count). The highest BCUT2D eigenvalue weighted by Gasteiger charge is 2.04. The molecule has 1 aliphatic carbocycles. The standard InChI is InChI=1S/C11H21N/c1-10(2)7-9-12-8-3-4-11-5-6-11/h5,10,12H,3-4,6-9H2,1-2H3. The van der Waals surface area contributed by atoms with Crippen molar-refractivity contribution in [2.24, 2.45) is 5.92 Å². The molecule has 0 atom stereocenters. The lowest BCUT2D eigenvalue weighted by molar-refractivity contribution is 0.532. The summed E-state index contributed by atoms with van der Waals surface area (Å²) in [5.74, 6) is 0.837. The molecule has 0 fully saturated rings. The molecular formula is C11H21N. The van der Waals surface area contributed by atoms with E-state index in [1.807, 2.05) is 0 Å². The Morgan fingerprint density at radius 3 is 2.75 bits per heavy atom. The van der Waals surface area contributed by atoms with E-state index in [4.69, 9.17) is 0 Å². The predicted molar refractivity (Wildman–Crippen MR) is 54.3 cm³/mol. The quantitative estimate of drug-likeness (QED) is 0.454. The molecule has 0 aliphatic heterocycles. The van der Waals surface area contributed by atoms with Crippen molar-refractivity contribution in [3.05, 3.63) is 11.6 Å². The van der Waals surface area contributed by atoms with Crippen molar-refractivity contribution in [3.8, 4) is 0 Å². The van der Waals surface area contributed by atoms with Crippen molar-refractivity contribution in [2.45, 2.75) is 39.5 Å². The molecule has 0 spiro atoms. The number of nitrogens with one attached hydrogen (secondary N) is 1. The maximum atomic E-state index is 3.47. The Bertz CT molecular complexity index is 147. The van der Waals surface area contributed by atoms with E-state index >= 15 is 0 Å². The van der Waals surface area contributed by atoms with Crippen LogP contribution in [0, 0.1) is 5.92 Å². The molecule has 12 heavy (non-hydrogen) atoms. The van der Waals surface area contributed by atoms with E-state index in [0.717, 1.165) is 5.92 Å². The third kappa shape index (κ3) is 5.36. The van der Waals surface area contributed by atoms with Crippen molar-refractivity contribution in [1.82, 2.24) is 5.32 Å². The largest absolute Gasteiger partial charge is 0.317 e. The minimum atomic E-state index is 0.837. The van der Waals surface area contributed by atoms with E-state index in [0.29, 0.717) is 0 Å². The predicted octanol–water partition coefficient (Wildman–Crippen LogP) is 2.73. The summed E-state index contributed by atoms with van der Waals surface area (Å²) in [5, 5.41) is 3.47. The van der Waals surface area contributed by atoms with Gasteiger partial charge < -0.3 is 5.32 Å². The zero-order valence-electron chi connectivity index (χ0n) is 8.40. The second-order valence-corrected chi connectivity index (χ2v) is 4.10. The summed E-state index contributed by atoms with van der Waals surface area (Å²) in [4.78, 5) is 0. The Hall–Kier alpha value is -0.300. The summed E-state index contributed by atoms with van der Waals surface area (Å²) in [6.45, 7) is 6.94. The van der Waals surface area contributed by atoms with Crippen molar-refractivity contribution in [2.75, 3.05) is 13.1 Å². The number of hydrogen-bond donors (Lipinski definition) is 1. The molecular weight excluding hydrogens is 146 g/mol. The fourth-order valence-electron chi connectivity index (χ4n) is 1.23. The SMILES string of the molecule is CC(C)CCNCCCC1=CC1. The van der Waals surface area contributed by atoms with Crippen LogP contribution in [0.5, 0.6) is 0 Å². The van der Waals surface area contributed by atoms with Crippen LogP contribution in [0.25, 0.3) is 0 Å². The third-order valence-corrected chi connectivity index (χ3v) is 2.24. The van der Waals surface area contributed by atoms with Crippen LogP contribution in [0.1, 0.15) is 39.5 Å². The fraction of sp³-hybridized carbons (Fsp3) is 0.818. The molecule has 0 saturated heterocycles. The van der Waals surface area contributed by atoms with Gasteiger partial charge in [-0.2, -0.15) is 0 Å². The van der Waals surface area contributed by atoms with Crippen molar-refractivity contribution in [1.29, 1.82) is 0 Å². The smallest absolute Gasteiger partial charge is 0.00459 e. The Morgan fingerprint density at radius 2 is 2.17 bits per heavy atom. The molecule has 0 bridgehead atoms. The second kappa shape index (κ2) is 5.36. The van der Waals surface area contributed by atoms with Crippen LogP contribution in [0.4, 0.5) is 0 Å². The molecule has 70 valence electrons. The van der Waals surface area contributed by atoms with E-state index in [1.165, 1.54) is 38.8 Å². The summed E-state index contributed by atoms with van der Waals surface area (Å²) in [5.41, 5.74) is 1.67. The Morgan fingerprint density at radius 1 is 1.42 bits per heavy atom. The van der Waals surface area contributed by atoms with Crippen LogP contribution in [-0.4, -0.2) is 13.1 Å². The van der Waals surface area contributed by atoms with E-state index in [1.54, 1.807) is 5.57 Å². The van der Waals surface area contributed by atoms with Crippen molar-refractivity contribution >= 4 is 0 Å². The first-order valence-corrected chi connectivity index (χ1v) is 5.17. The maximum Gasteiger partial charge on any atom is -0.00459 e. The second-order valence-electron chi connectivity index (χ2n) is 4.10. The van der Waals surface area contributed by atoms with Gasteiger partial charge in [0.15, 0.2) is 0 Å².